The molecule has 1 saturated heterocycles. The van der Waals surface area contributed by atoms with Crippen molar-refractivity contribution in [1.29, 1.82) is 0 Å². The first kappa shape index (κ1) is 18.7. The van der Waals surface area contributed by atoms with Crippen LogP contribution in [-0.2, 0) is 11.2 Å². The molecule has 1 aliphatic heterocycles. The Bertz CT molecular complexity index is 965. The van der Waals surface area contributed by atoms with Gasteiger partial charge in [-0.25, -0.2) is 9.37 Å². The van der Waals surface area contributed by atoms with Gasteiger partial charge in [0.1, 0.15) is 17.7 Å². The Labute approximate surface area is 166 Å². The van der Waals surface area contributed by atoms with E-state index in [0.29, 0.717) is 24.7 Å². The lowest BCUT2D eigenvalue weighted by atomic mass is 10.1. The van der Waals surface area contributed by atoms with Crippen LogP contribution in [0.2, 0.25) is 0 Å². The van der Waals surface area contributed by atoms with E-state index in [0.717, 1.165) is 34.4 Å². The SMILES string of the molecule is COc1ccc2nc(OC3CCN(C(=O)Cc4ccc(F)cc4)CC3)sc2c1. The van der Waals surface area contributed by atoms with Crippen molar-refractivity contribution >= 4 is 27.5 Å². The summed E-state index contributed by atoms with van der Waals surface area (Å²) in [7, 11) is 1.64. The van der Waals surface area contributed by atoms with Gasteiger partial charge in [0.15, 0.2) is 0 Å². The Morgan fingerprint density at radius 3 is 2.68 bits per heavy atom. The maximum atomic E-state index is 13.0. The predicted molar refractivity (Wildman–Crippen MR) is 107 cm³/mol. The van der Waals surface area contributed by atoms with Gasteiger partial charge in [0, 0.05) is 25.9 Å². The summed E-state index contributed by atoms with van der Waals surface area (Å²) in [5, 5.41) is 0.652. The number of likely N-dealkylation sites (tertiary alicyclic amines) is 1. The molecule has 0 unspecified atom stereocenters. The van der Waals surface area contributed by atoms with Crippen molar-refractivity contribution in [2.24, 2.45) is 0 Å². The number of piperidine rings is 1. The van der Waals surface area contributed by atoms with E-state index in [4.69, 9.17) is 9.47 Å². The molecule has 1 aromatic heterocycles. The number of halogens is 1. The summed E-state index contributed by atoms with van der Waals surface area (Å²) in [6.45, 7) is 1.31. The molecule has 0 saturated carbocycles. The van der Waals surface area contributed by atoms with Gasteiger partial charge in [-0.3, -0.25) is 4.79 Å². The summed E-state index contributed by atoms with van der Waals surface area (Å²) in [5.74, 6) is 0.579. The summed E-state index contributed by atoms with van der Waals surface area (Å²) in [6.07, 6.45) is 1.89. The van der Waals surface area contributed by atoms with Crippen molar-refractivity contribution in [2.45, 2.75) is 25.4 Å². The molecule has 0 atom stereocenters. The molecule has 5 nitrogen and oxygen atoms in total. The van der Waals surface area contributed by atoms with E-state index in [9.17, 15) is 9.18 Å². The fourth-order valence-electron chi connectivity index (χ4n) is 3.32. The Hall–Kier alpha value is -2.67. The molecule has 3 aromatic rings. The van der Waals surface area contributed by atoms with Crippen molar-refractivity contribution in [3.8, 4) is 10.9 Å². The van der Waals surface area contributed by atoms with Crippen LogP contribution in [0.5, 0.6) is 10.9 Å². The number of nitrogens with zero attached hydrogens (tertiary/aromatic N) is 2. The van der Waals surface area contributed by atoms with Crippen LogP contribution in [0.3, 0.4) is 0 Å². The van der Waals surface area contributed by atoms with Crippen LogP contribution < -0.4 is 9.47 Å². The average molecular weight is 400 g/mol. The van der Waals surface area contributed by atoms with Gasteiger partial charge >= 0.3 is 0 Å². The largest absolute Gasteiger partial charge is 0.497 e. The lowest BCUT2D eigenvalue weighted by molar-refractivity contribution is -0.132. The second-order valence-corrected chi connectivity index (χ2v) is 7.81. The van der Waals surface area contributed by atoms with Crippen molar-refractivity contribution in [3.63, 3.8) is 0 Å². The van der Waals surface area contributed by atoms with Gasteiger partial charge in [-0.1, -0.05) is 23.5 Å². The van der Waals surface area contributed by atoms with Crippen molar-refractivity contribution < 1.29 is 18.7 Å². The van der Waals surface area contributed by atoms with Gasteiger partial charge < -0.3 is 14.4 Å². The summed E-state index contributed by atoms with van der Waals surface area (Å²) >= 11 is 1.51. The molecule has 0 spiro atoms. The first-order chi connectivity index (χ1) is 13.6. The van der Waals surface area contributed by atoms with E-state index < -0.39 is 0 Å². The lowest BCUT2D eigenvalue weighted by Gasteiger charge is -2.31. The maximum absolute atomic E-state index is 13.0. The van der Waals surface area contributed by atoms with Gasteiger partial charge in [-0.2, -0.15) is 0 Å². The summed E-state index contributed by atoms with van der Waals surface area (Å²) in [6, 6.07) is 11.9. The van der Waals surface area contributed by atoms with Gasteiger partial charge in [0.05, 0.1) is 23.7 Å². The van der Waals surface area contributed by atoms with Gasteiger partial charge in [-0.15, -0.1) is 0 Å². The van der Waals surface area contributed by atoms with Crippen LogP contribution in [0.25, 0.3) is 10.2 Å². The quantitative estimate of drug-likeness (QED) is 0.648. The number of amides is 1. The standard InChI is InChI=1S/C21H21FN2O3S/c1-26-17-6-7-18-19(13-17)28-21(23-18)27-16-8-10-24(11-9-16)20(25)12-14-2-4-15(22)5-3-14/h2-7,13,16H,8-12H2,1H3. The second-order valence-electron chi connectivity index (χ2n) is 6.81. The van der Waals surface area contributed by atoms with E-state index in [2.05, 4.69) is 4.98 Å². The number of fused-ring (bicyclic) bond motifs is 1. The smallest absolute Gasteiger partial charge is 0.274 e. The molecule has 0 N–H and O–H groups in total. The first-order valence-corrected chi connectivity index (χ1v) is 10.1. The molecule has 7 heteroatoms. The third-order valence-corrected chi connectivity index (χ3v) is 5.82. The van der Waals surface area contributed by atoms with Crippen molar-refractivity contribution in [1.82, 2.24) is 9.88 Å². The molecule has 28 heavy (non-hydrogen) atoms. The molecule has 4 rings (SSSR count). The minimum Gasteiger partial charge on any atom is -0.497 e. The summed E-state index contributed by atoms with van der Waals surface area (Å²) in [5.41, 5.74) is 1.72. The Kier molecular flexibility index (Phi) is 5.43. The number of aromatic nitrogens is 1. The molecule has 1 amide bonds. The number of carbonyl (C=O) groups is 1. The third-order valence-electron chi connectivity index (χ3n) is 4.91. The number of rotatable bonds is 5. The van der Waals surface area contributed by atoms with Crippen LogP contribution in [-0.4, -0.2) is 42.1 Å². The molecule has 0 aliphatic carbocycles. The normalized spacial score (nSPS) is 15.0. The monoisotopic (exact) mass is 400 g/mol. The fourth-order valence-corrected chi connectivity index (χ4v) is 4.23. The minimum absolute atomic E-state index is 0.0531. The summed E-state index contributed by atoms with van der Waals surface area (Å²) < 4.78 is 25.3. The van der Waals surface area contributed by atoms with E-state index in [1.807, 2.05) is 23.1 Å². The van der Waals surface area contributed by atoms with Crippen molar-refractivity contribution in [2.75, 3.05) is 20.2 Å². The van der Waals surface area contributed by atoms with Crippen LogP contribution in [0.1, 0.15) is 18.4 Å². The number of carbonyl (C=O) groups excluding carboxylic acids is 1. The predicted octanol–water partition coefficient (Wildman–Crippen LogP) is 4.06. The first-order valence-electron chi connectivity index (χ1n) is 9.24. The Morgan fingerprint density at radius 1 is 1.21 bits per heavy atom. The van der Waals surface area contributed by atoms with E-state index in [1.54, 1.807) is 19.2 Å². The number of methoxy groups -OCH3 is 1. The van der Waals surface area contributed by atoms with Crippen LogP contribution in [0.15, 0.2) is 42.5 Å². The zero-order chi connectivity index (χ0) is 19.5. The molecule has 1 aliphatic rings. The van der Waals surface area contributed by atoms with Crippen LogP contribution in [0, 0.1) is 5.82 Å². The molecule has 0 bridgehead atoms. The average Bonchev–Trinajstić information content (AvgIpc) is 3.11. The highest BCUT2D eigenvalue weighted by atomic mass is 32.1. The molecule has 2 heterocycles. The van der Waals surface area contributed by atoms with Gasteiger partial charge in [-0.05, 0) is 35.9 Å². The van der Waals surface area contributed by atoms with Gasteiger partial charge in [0.2, 0.25) is 5.91 Å². The Balaban J connectivity index is 1.31. The molecule has 0 radical (unpaired) electrons. The van der Waals surface area contributed by atoms with E-state index in [-0.39, 0.29) is 17.8 Å². The van der Waals surface area contributed by atoms with Crippen LogP contribution in [0.4, 0.5) is 4.39 Å². The topological polar surface area (TPSA) is 51.7 Å². The van der Waals surface area contributed by atoms with E-state index in [1.165, 1.54) is 23.5 Å². The number of hydrogen-bond donors (Lipinski definition) is 0. The van der Waals surface area contributed by atoms with E-state index >= 15 is 0 Å². The highest BCUT2D eigenvalue weighted by Gasteiger charge is 2.24. The molecular formula is C21H21FN2O3S. The summed E-state index contributed by atoms with van der Waals surface area (Å²) in [4.78, 5) is 18.8. The van der Waals surface area contributed by atoms with Crippen molar-refractivity contribution in [3.05, 3.63) is 53.8 Å². The molecule has 2 aromatic carbocycles. The lowest BCUT2D eigenvalue weighted by Crippen LogP contribution is -2.42. The number of hydrogen-bond acceptors (Lipinski definition) is 5. The highest BCUT2D eigenvalue weighted by molar-refractivity contribution is 7.20. The molecule has 1 fully saturated rings. The third kappa shape index (κ3) is 4.25. The highest BCUT2D eigenvalue weighted by Crippen LogP contribution is 2.32. The zero-order valence-electron chi connectivity index (χ0n) is 15.6. The number of benzene rings is 2. The molecular weight excluding hydrogens is 379 g/mol. The van der Waals surface area contributed by atoms with Crippen LogP contribution >= 0.6 is 11.3 Å². The zero-order valence-corrected chi connectivity index (χ0v) is 16.4. The fraction of sp³-hybridized carbons (Fsp3) is 0.333. The Morgan fingerprint density at radius 2 is 1.96 bits per heavy atom. The molecule has 146 valence electrons. The second kappa shape index (κ2) is 8.14. The minimum atomic E-state index is -0.289. The number of ether oxygens (including phenoxy) is 2. The maximum Gasteiger partial charge on any atom is 0.274 e. The number of thiazole rings is 1. The van der Waals surface area contributed by atoms with Gasteiger partial charge in [0.25, 0.3) is 5.19 Å².